The van der Waals surface area contributed by atoms with Crippen LogP contribution in [0.2, 0.25) is 0 Å². The lowest BCUT2D eigenvalue weighted by Crippen LogP contribution is -2.50. The van der Waals surface area contributed by atoms with Crippen molar-refractivity contribution in [3.8, 4) is 0 Å². The molecule has 4 heteroatoms. The molecule has 20 heavy (non-hydrogen) atoms. The minimum atomic E-state index is 0.142. The van der Waals surface area contributed by atoms with Gasteiger partial charge in [0.05, 0.1) is 12.1 Å². The standard InChI is InChI=1S/C16H27N3O/c1-3-7-14(20-4-2)16(19-17)13-10-5-8-12-9-6-11-18-15(12)13/h6,9,11,13-14,16,19H,3-5,7-8,10,17H2,1-2H3. The smallest absolute Gasteiger partial charge is 0.0747 e. The monoisotopic (exact) mass is 277 g/mol. The first-order valence-electron chi connectivity index (χ1n) is 7.83. The molecule has 0 aliphatic heterocycles. The van der Waals surface area contributed by atoms with Gasteiger partial charge in [0.2, 0.25) is 0 Å². The number of hydrogen-bond donors (Lipinski definition) is 2. The van der Waals surface area contributed by atoms with Crippen molar-refractivity contribution >= 4 is 0 Å². The van der Waals surface area contributed by atoms with Crippen LogP contribution in [0.1, 0.15) is 56.7 Å². The minimum absolute atomic E-state index is 0.142. The molecule has 3 unspecified atom stereocenters. The molecule has 0 bridgehead atoms. The maximum atomic E-state index is 5.93. The van der Waals surface area contributed by atoms with Crippen LogP contribution in [-0.2, 0) is 11.2 Å². The SMILES string of the molecule is CCCC(OCC)C(NN)C1CCCc2cccnc21. The molecule has 1 heterocycles. The number of aryl methyl sites for hydroxylation is 1. The normalized spacial score (nSPS) is 21.2. The van der Waals surface area contributed by atoms with E-state index in [1.807, 2.05) is 19.2 Å². The van der Waals surface area contributed by atoms with E-state index in [-0.39, 0.29) is 12.1 Å². The third-order valence-corrected chi connectivity index (χ3v) is 4.22. The third-order valence-electron chi connectivity index (χ3n) is 4.22. The van der Waals surface area contributed by atoms with Crippen LogP contribution in [0.4, 0.5) is 0 Å². The summed E-state index contributed by atoms with van der Waals surface area (Å²) in [6.45, 7) is 4.96. The molecule has 2 rings (SSSR count). The van der Waals surface area contributed by atoms with Gasteiger partial charge in [0.1, 0.15) is 0 Å². The molecule has 0 saturated heterocycles. The zero-order valence-electron chi connectivity index (χ0n) is 12.6. The molecular weight excluding hydrogens is 250 g/mol. The molecule has 3 N–H and O–H groups in total. The molecule has 1 aromatic heterocycles. The minimum Gasteiger partial charge on any atom is -0.377 e. The van der Waals surface area contributed by atoms with Gasteiger partial charge >= 0.3 is 0 Å². The van der Waals surface area contributed by atoms with Crippen molar-refractivity contribution in [2.75, 3.05) is 6.61 Å². The average molecular weight is 277 g/mol. The van der Waals surface area contributed by atoms with Crippen LogP contribution in [0.5, 0.6) is 0 Å². The molecule has 1 aliphatic carbocycles. The van der Waals surface area contributed by atoms with Crippen molar-refractivity contribution in [3.63, 3.8) is 0 Å². The zero-order chi connectivity index (χ0) is 14.4. The van der Waals surface area contributed by atoms with Crippen molar-refractivity contribution in [2.45, 2.75) is 64.0 Å². The largest absolute Gasteiger partial charge is 0.377 e. The molecule has 3 atom stereocenters. The van der Waals surface area contributed by atoms with Crippen molar-refractivity contribution in [1.29, 1.82) is 0 Å². The number of rotatable bonds is 7. The highest BCUT2D eigenvalue weighted by Crippen LogP contribution is 2.34. The Bertz CT molecular complexity index is 404. The molecule has 1 aliphatic rings. The van der Waals surface area contributed by atoms with Gasteiger partial charge in [-0.3, -0.25) is 16.3 Å². The Kier molecular flexibility index (Phi) is 5.95. The number of ether oxygens (including phenoxy) is 1. The van der Waals surface area contributed by atoms with Gasteiger partial charge in [-0.1, -0.05) is 19.4 Å². The van der Waals surface area contributed by atoms with Gasteiger partial charge in [0, 0.05) is 24.4 Å². The summed E-state index contributed by atoms with van der Waals surface area (Å²) in [5, 5.41) is 0. The van der Waals surface area contributed by atoms with Gasteiger partial charge < -0.3 is 4.74 Å². The maximum Gasteiger partial charge on any atom is 0.0747 e. The Hall–Kier alpha value is -0.970. The molecule has 0 amide bonds. The Morgan fingerprint density at radius 2 is 2.35 bits per heavy atom. The molecule has 0 radical (unpaired) electrons. The Morgan fingerprint density at radius 3 is 3.05 bits per heavy atom. The van der Waals surface area contributed by atoms with E-state index in [0.717, 1.165) is 32.3 Å². The topological polar surface area (TPSA) is 60.2 Å². The van der Waals surface area contributed by atoms with Gasteiger partial charge in [0.15, 0.2) is 0 Å². The van der Waals surface area contributed by atoms with Crippen LogP contribution in [0, 0.1) is 0 Å². The predicted octanol–water partition coefficient (Wildman–Crippen LogP) is 2.54. The fourth-order valence-electron chi connectivity index (χ4n) is 3.34. The highest BCUT2D eigenvalue weighted by atomic mass is 16.5. The van der Waals surface area contributed by atoms with Crippen molar-refractivity contribution in [2.24, 2.45) is 5.84 Å². The molecule has 0 aromatic carbocycles. The number of nitrogens with zero attached hydrogens (tertiary/aromatic N) is 1. The zero-order valence-corrected chi connectivity index (χ0v) is 12.6. The molecule has 4 nitrogen and oxygen atoms in total. The number of hydrogen-bond acceptors (Lipinski definition) is 4. The van der Waals surface area contributed by atoms with E-state index in [2.05, 4.69) is 23.4 Å². The number of nitrogens with one attached hydrogen (secondary N) is 1. The van der Waals surface area contributed by atoms with E-state index in [9.17, 15) is 0 Å². The fourth-order valence-corrected chi connectivity index (χ4v) is 3.34. The quantitative estimate of drug-likeness (QED) is 0.594. The fraction of sp³-hybridized carbons (Fsp3) is 0.688. The van der Waals surface area contributed by atoms with Crippen LogP contribution >= 0.6 is 0 Å². The van der Waals surface area contributed by atoms with Crippen LogP contribution in [0.25, 0.3) is 0 Å². The van der Waals surface area contributed by atoms with Gasteiger partial charge in [-0.15, -0.1) is 0 Å². The van der Waals surface area contributed by atoms with E-state index < -0.39 is 0 Å². The summed E-state index contributed by atoms with van der Waals surface area (Å²) in [4.78, 5) is 4.62. The Balaban J connectivity index is 2.23. The second kappa shape index (κ2) is 7.72. The van der Waals surface area contributed by atoms with Crippen molar-refractivity contribution in [3.05, 3.63) is 29.6 Å². The summed E-state index contributed by atoms with van der Waals surface area (Å²) in [7, 11) is 0. The summed E-state index contributed by atoms with van der Waals surface area (Å²) in [6.07, 6.45) is 7.64. The Labute approximate surface area is 122 Å². The maximum absolute atomic E-state index is 5.93. The number of fused-ring (bicyclic) bond motifs is 1. The summed E-state index contributed by atoms with van der Waals surface area (Å²) >= 11 is 0. The lowest BCUT2D eigenvalue weighted by Gasteiger charge is -2.35. The van der Waals surface area contributed by atoms with Gasteiger partial charge in [-0.2, -0.15) is 0 Å². The van der Waals surface area contributed by atoms with Gasteiger partial charge in [0.25, 0.3) is 0 Å². The van der Waals surface area contributed by atoms with E-state index in [0.29, 0.717) is 5.92 Å². The van der Waals surface area contributed by atoms with E-state index >= 15 is 0 Å². The summed E-state index contributed by atoms with van der Waals surface area (Å²) < 4.78 is 5.93. The summed E-state index contributed by atoms with van der Waals surface area (Å²) in [5.41, 5.74) is 5.60. The number of aromatic nitrogens is 1. The molecule has 112 valence electrons. The highest BCUT2D eigenvalue weighted by molar-refractivity contribution is 5.27. The third kappa shape index (κ3) is 3.37. The van der Waals surface area contributed by atoms with Crippen molar-refractivity contribution < 1.29 is 4.74 Å². The molecular formula is C16H27N3O. The second-order valence-electron chi connectivity index (χ2n) is 5.52. The van der Waals surface area contributed by atoms with E-state index in [1.165, 1.54) is 17.7 Å². The lowest BCUT2D eigenvalue weighted by molar-refractivity contribution is 0.0186. The second-order valence-corrected chi connectivity index (χ2v) is 5.52. The predicted molar refractivity (Wildman–Crippen MR) is 81.3 cm³/mol. The first-order chi connectivity index (χ1) is 9.81. The molecule has 0 fully saturated rings. The summed E-state index contributed by atoms with van der Waals surface area (Å²) in [6, 6.07) is 4.36. The van der Waals surface area contributed by atoms with Crippen LogP contribution in [0.3, 0.4) is 0 Å². The molecule has 0 spiro atoms. The highest BCUT2D eigenvalue weighted by Gasteiger charge is 2.33. The average Bonchev–Trinajstić information content (AvgIpc) is 2.49. The first-order valence-corrected chi connectivity index (χ1v) is 7.83. The number of pyridine rings is 1. The molecule has 0 saturated carbocycles. The van der Waals surface area contributed by atoms with Gasteiger partial charge in [-0.05, 0) is 44.2 Å². The number of nitrogens with two attached hydrogens (primary N) is 1. The Morgan fingerprint density at radius 1 is 1.50 bits per heavy atom. The van der Waals surface area contributed by atoms with E-state index in [4.69, 9.17) is 10.6 Å². The van der Waals surface area contributed by atoms with Crippen LogP contribution < -0.4 is 11.3 Å². The van der Waals surface area contributed by atoms with E-state index in [1.54, 1.807) is 0 Å². The summed E-state index contributed by atoms with van der Waals surface area (Å²) in [5.74, 6) is 6.22. The number of hydrazine groups is 1. The molecule has 1 aromatic rings. The van der Waals surface area contributed by atoms with Gasteiger partial charge in [-0.25, -0.2) is 0 Å². The van der Waals surface area contributed by atoms with Crippen LogP contribution in [0.15, 0.2) is 18.3 Å². The van der Waals surface area contributed by atoms with Crippen LogP contribution in [-0.4, -0.2) is 23.7 Å². The first kappa shape index (κ1) is 15.4. The lowest BCUT2D eigenvalue weighted by atomic mass is 9.79. The van der Waals surface area contributed by atoms with Crippen molar-refractivity contribution in [1.82, 2.24) is 10.4 Å².